The SMILES string of the molecule is O=C(O)C[C@@H](CCCC1CCCCC1)c1nc(-c2ccc(=O)n(O)n2)no1. The molecule has 146 valence electrons. The highest BCUT2D eigenvalue weighted by Crippen LogP contribution is 2.31. The molecule has 27 heavy (non-hydrogen) atoms. The third-order valence-electron chi connectivity index (χ3n) is 5.11. The van der Waals surface area contributed by atoms with Gasteiger partial charge in [0.05, 0.1) is 6.42 Å². The molecule has 0 radical (unpaired) electrons. The van der Waals surface area contributed by atoms with E-state index >= 15 is 0 Å². The van der Waals surface area contributed by atoms with Crippen molar-refractivity contribution in [1.29, 1.82) is 0 Å². The van der Waals surface area contributed by atoms with Gasteiger partial charge in [0.25, 0.3) is 0 Å². The molecule has 1 aliphatic rings. The molecule has 2 aromatic rings. The lowest BCUT2D eigenvalue weighted by molar-refractivity contribution is -0.137. The van der Waals surface area contributed by atoms with Crippen LogP contribution < -0.4 is 5.56 Å². The van der Waals surface area contributed by atoms with E-state index in [4.69, 9.17) is 4.52 Å². The second-order valence-corrected chi connectivity index (χ2v) is 7.13. The van der Waals surface area contributed by atoms with Crippen molar-refractivity contribution < 1.29 is 19.6 Å². The Morgan fingerprint density at radius 1 is 1.30 bits per heavy atom. The molecule has 0 amide bonds. The summed E-state index contributed by atoms with van der Waals surface area (Å²) in [5, 5.41) is 26.0. The highest BCUT2D eigenvalue weighted by Gasteiger charge is 2.24. The Morgan fingerprint density at radius 2 is 2.07 bits per heavy atom. The summed E-state index contributed by atoms with van der Waals surface area (Å²) in [5.74, 6) is -0.201. The first kappa shape index (κ1) is 19.1. The van der Waals surface area contributed by atoms with Crippen LogP contribution in [-0.2, 0) is 4.79 Å². The number of hydrogen-bond donors (Lipinski definition) is 2. The third-order valence-corrected chi connectivity index (χ3v) is 5.11. The number of nitrogens with zero attached hydrogens (tertiary/aromatic N) is 4. The molecule has 0 aromatic carbocycles. The fraction of sp³-hybridized carbons (Fsp3) is 0.611. The minimum atomic E-state index is -0.917. The zero-order chi connectivity index (χ0) is 19.2. The van der Waals surface area contributed by atoms with Gasteiger partial charge in [0.15, 0.2) is 0 Å². The topological polar surface area (TPSA) is 131 Å². The Bertz CT molecular complexity index is 825. The first-order chi connectivity index (χ1) is 13.0. The summed E-state index contributed by atoms with van der Waals surface area (Å²) in [6, 6.07) is 2.51. The maximum absolute atomic E-state index is 11.2. The third kappa shape index (κ3) is 5.15. The van der Waals surface area contributed by atoms with Crippen LogP contribution in [0.1, 0.15) is 69.6 Å². The standard InChI is InChI=1S/C18H24N4O5/c23-15-10-9-14(20-22(15)26)17-19-18(27-21-17)13(11-16(24)25)8-4-7-12-5-2-1-3-6-12/h9-10,12-13,26H,1-8,11H2,(H,24,25)/t13-/m1/s1. The van der Waals surface area contributed by atoms with Crippen molar-refractivity contribution in [1.82, 2.24) is 20.1 Å². The highest BCUT2D eigenvalue weighted by atomic mass is 16.5. The number of carboxylic acids is 1. The van der Waals surface area contributed by atoms with Gasteiger partial charge in [-0.25, -0.2) is 0 Å². The number of aliphatic carboxylic acids is 1. The lowest BCUT2D eigenvalue weighted by atomic mass is 9.84. The Hall–Kier alpha value is -2.71. The normalized spacial score (nSPS) is 16.3. The van der Waals surface area contributed by atoms with Crippen LogP contribution >= 0.6 is 0 Å². The first-order valence-corrected chi connectivity index (χ1v) is 9.38. The predicted octanol–water partition coefficient (Wildman–Crippen LogP) is 2.84. The van der Waals surface area contributed by atoms with Gasteiger partial charge in [-0.3, -0.25) is 9.59 Å². The first-order valence-electron chi connectivity index (χ1n) is 9.38. The summed E-state index contributed by atoms with van der Waals surface area (Å²) >= 11 is 0. The predicted molar refractivity (Wildman–Crippen MR) is 94.4 cm³/mol. The summed E-state index contributed by atoms with van der Waals surface area (Å²) in [4.78, 5) is 26.9. The van der Waals surface area contributed by atoms with E-state index in [1.165, 1.54) is 38.2 Å². The van der Waals surface area contributed by atoms with E-state index in [9.17, 15) is 19.9 Å². The largest absolute Gasteiger partial charge is 0.481 e. The molecule has 0 spiro atoms. The van der Waals surface area contributed by atoms with Crippen LogP contribution in [0, 0.1) is 5.92 Å². The molecule has 1 saturated carbocycles. The van der Waals surface area contributed by atoms with Gasteiger partial charge in [-0.2, -0.15) is 4.98 Å². The second-order valence-electron chi connectivity index (χ2n) is 7.13. The smallest absolute Gasteiger partial charge is 0.304 e. The summed E-state index contributed by atoms with van der Waals surface area (Å²) < 4.78 is 5.26. The Balaban J connectivity index is 1.67. The molecule has 0 unspecified atom stereocenters. The van der Waals surface area contributed by atoms with Crippen LogP contribution in [0.15, 0.2) is 21.5 Å². The van der Waals surface area contributed by atoms with Crippen LogP contribution in [0.25, 0.3) is 11.5 Å². The molecule has 9 heteroatoms. The van der Waals surface area contributed by atoms with Crippen molar-refractivity contribution in [3.8, 4) is 11.5 Å². The summed E-state index contributed by atoms with van der Waals surface area (Å²) in [6.07, 6.45) is 9.00. The molecule has 1 fully saturated rings. The van der Waals surface area contributed by atoms with Gasteiger partial charge < -0.3 is 14.8 Å². The highest BCUT2D eigenvalue weighted by molar-refractivity contribution is 5.67. The fourth-order valence-corrected chi connectivity index (χ4v) is 3.68. The van der Waals surface area contributed by atoms with Crippen molar-refractivity contribution in [3.63, 3.8) is 0 Å². The number of hydrogen-bond acceptors (Lipinski definition) is 7. The summed E-state index contributed by atoms with van der Waals surface area (Å²) in [6.45, 7) is 0. The fourth-order valence-electron chi connectivity index (χ4n) is 3.68. The summed E-state index contributed by atoms with van der Waals surface area (Å²) in [5.41, 5.74) is -0.502. The molecule has 2 N–H and O–H groups in total. The number of aromatic nitrogens is 4. The Kier molecular flexibility index (Phi) is 6.20. The van der Waals surface area contributed by atoms with E-state index < -0.39 is 11.5 Å². The molecule has 9 nitrogen and oxygen atoms in total. The quantitative estimate of drug-likeness (QED) is 0.672. The minimum absolute atomic E-state index is 0.0841. The average molecular weight is 376 g/mol. The second kappa shape index (κ2) is 8.79. The molecule has 1 aliphatic carbocycles. The number of carboxylic acid groups (broad SMARTS) is 1. The zero-order valence-electron chi connectivity index (χ0n) is 15.1. The average Bonchev–Trinajstić information content (AvgIpc) is 3.14. The van der Waals surface area contributed by atoms with Gasteiger partial charge in [-0.05, 0) is 18.4 Å². The van der Waals surface area contributed by atoms with E-state index in [0.29, 0.717) is 6.42 Å². The van der Waals surface area contributed by atoms with Crippen LogP contribution in [0.4, 0.5) is 0 Å². The molecule has 0 saturated heterocycles. The van der Waals surface area contributed by atoms with Gasteiger partial charge in [-0.15, -0.1) is 5.10 Å². The molecule has 3 rings (SSSR count). The number of carbonyl (C=O) groups is 1. The van der Waals surface area contributed by atoms with Crippen molar-refractivity contribution >= 4 is 5.97 Å². The van der Waals surface area contributed by atoms with Gasteiger partial charge in [0.2, 0.25) is 11.7 Å². The van der Waals surface area contributed by atoms with E-state index in [1.807, 2.05) is 0 Å². The van der Waals surface area contributed by atoms with E-state index in [1.54, 1.807) is 0 Å². The van der Waals surface area contributed by atoms with Crippen LogP contribution in [-0.4, -0.2) is 36.4 Å². The van der Waals surface area contributed by atoms with E-state index in [-0.39, 0.29) is 34.6 Å². The van der Waals surface area contributed by atoms with Crippen LogP contribution in [0.5, 0.6) is 0 Å². The van der Waals surface area contributed by atoms with Gasteiger partial charge in [-0.1, -0.05) is 54.9 Å². The molecule has 1 atom stereocenters. The molecule has 0 aliphatic heterocycles. The molecule has 2 heterocycles. The van der Waals surface area contributed by atoms with E-state index in [0.717, 1.165) is 24.8 Å². The van der Waals surface area contributed by atoms with Gasteiger partial charge >= 0.3 is 11.5 Å². The molecule has 0 bridgehead atoms. The van der Waals surface area contributed by atoms with Crippen molar-refractivity contribution in [2.45, 2.75) is 63.7 Å². The monoisotopic (exact) mass is 376 g/mol. The van der Waals surface area contributed by atoms with Crippen LogP contribution in [0.2, 0.25) is 0 Å². The lowest BCUT2D eigenvalue weighted by Gasteiger charge is -2.21. The maximum atomic E-state index is 11.2. The summed E-state index contributed by atoms with van der Waals surface area (Å²) in [7, 11) is 0. The van der Waals surface area contributed by atoms with Crippen molar-refractivity contribution in [2.75, 3.05) is 0 Å². The molecular formula is C18H24N4O5. The molecular weight excluding hydrogens is 352 g/mol. The van der Waals surface area contributed by atoms with Crippen molar-refractivity contribution in [2.24, 2.45) is 5.92 Å². The van der Waals surface area contributed by atoms with Crippen molar-refractivity contribution in [3.05, 3.63) is 28.4 Å². The Morgan fingerprint density at radius 3 is 2.78 bits per heavy atom. The molecule has 2 aromatic heterocycles. The maximum Gasteiger partial charge on any atom is 0.304 e. The van der Waals surface area contributed by atoms with Gasteiger partial charge in [0.1, 0.15) is 5.69 Å². The van der Waals surface area contributed by atoms with Crippen LogP contribution in [0.3, 0.4) is 0 Å². The van der Waals surface area contributed by atoms with E-state index in [2.05, 4.69) is 15.2 Å². The van der Waals surface area contributed by atoms with Gasteiger partial charge in [0, 0.05) is 12.0 Å². The Labute approximate surface area is 156 Å². The minimum Gasteiger partial charge on any atom is -0.481 e. The number of rotatable bonds is 8. The lowest BCUT2D eigenvalue weighted by Crippen LogP contribution is -2.19. The zero-order valence-corrected chi connectivity index (χ0v) is 15.1.